The minimum absolute atomic E-state index is 0.200. The molecule has 0 radical (unpaired) electrons. The standard InChI is InChI=1S/C17H15F7N4O2/c1-7-14(28-3-5-30-6-4-28)15(27(2)26-7)16(29)25-13-11(20)9(18)8(17(22,23)24)10(19)12(13)21/h3-6H2,1-2H3,(H,25,29). The maximum Gasteiger partial charge on any atom is 0.422 e. The number of aromatic nitrogens is 2. The highest BCUT2D eigenvalue weighted by molar-refractivity contribution is 6.07. The number of ether oxygens (including phenoxy) is 1. The van der Waals surface area contributed by atoms with Crippen molar-refractivity contribution in [2.24, 2.45) is 7.05 Å². The summed E-state index contributed by atoms with van der Waals surface area (Å²) in [6.07, 6.45) is -5.68. The number of halogens is 7. The number of anilines is 2. The fraction of sp³-hybridized carbons (Fsp3) is 0.412. The molecule has 1 amide bonds. The average Bonchev–Trinajstić information content (AvgIpc) is 2.97. The van der Waals surface area contributed by atoms with E-state index < -0.39 is 46.6 Å². The number of alkyl halides is 3. The van der Waals surface area contributed by atoms with Crippen LogP contribution >= 0.6 is 0 Å². The SMILES string of the molecule is Cc1nn(C)c(C(=O)Nc2c(F)c(F)c(C(F)(F)F)c(F)c2F)c1N1CCOCC1. The zero-order valence-corrected chi connectivity index (χ0v) is 15.6. The van der Waals surface area contributed by atoms with Gasteiger partial charge in [-0.25, -0.2) is 17.6 Å². The lowest BCUT2D eigenvalue weighted by Crippen LogP contribution is -2.37. The first-order valence-corrected chi connectivity index (χ1v) is 8.55. The molecule has 1 fully saturated rings. The molecule has 0 aliphatic carbocycles. The van der Waals surface area contributed by atoms with Gasteiger partial charge in [-0.3, -0.25) is 9.48 Å². The number of aryl methyl sites for hydroxylation is 2. The number of nitrogens with one attached hydrogen (secondary N) is 1. The molecular formula is C17H15F7N4O2. The van der Waals surface area contributed by atoms with E-state index in [0.29, 0.717) is 37.7 Å². The quantitative estimate of drug-likeness (QED) is 0.588. The molecule has 3 rings (SSSR count). The summed E-state index contributed by atoms with van der Waals surface area (Å²) >= 11 is 0. The molecule has 30 heavy (non-hydrogen) atoms. The Bertz CT molecular complexity index is 968. The van der Waals surface area contributed by atoms with Crippen LogP contribution in [-0.2, 0) is 18.0 Å². The van der Waals surface area contributed by atoms with E-state index in [1.54, 1.807) is 17.1 Å². The minimum Gasteiger partial charge on any atom is -0.378 e. The molecule has 6 nitrogen and oxygen atoms in total. The third-order valence-corrected chi connectivity index (χ3v) is 4.52. The Balaban J connectivity index is 2.04. The van der Waals surface area contributed by atoms with Gasteiger partial charge in [-0.05, 0) is 6.92 Å². The highest BCUT2D eigenvalue weighted by Crippen LogP contribution is 2.38. The van der Waals surface area contributed by atoms with Crippen molar-refractivity contribution < 1.29 is 40.3 Å². The maximum absolute atomic E-state index is 14.1. The van der Waals surface area contributed by atoms with E-state index in [1.807, 2.05) is 0 Å². The molecule has 1 aromatic carbocycles. The number of hydrogen-bond acceptors (Lipinski definition) is 4. The van der Waals surface area contributed by atoms with Gasteiger partial charge in [0.05, 0.1) is 24.6 Å². The second-order valence-electron chi connectivity index (χ2n) is 6.46. The van der Waals surface area contributed by atoms with Crippen molar-refractivity contribution in [3.8, 4) is 0 Å². The van der Waals surface area contributed by atoms with Gasteiger partial charge in [-0.2, -0.15) is 18.3 Å². The summed E-state index contributed by atoms with van der Waals surface area (Å²) in [5.41, 5.74) is -3.91. The fourth-order valence-electron chi connectivity index (χ4n) is 3.23. The van der Waals surface area contributed by atoms with Gasteiger partial charge in [0.2, 0.25) is 0 Å². The molecule has 0 unspecified atom stereocenters. The van der Waals surface area contributed by atoms with Crippen LogP contribution in [0.5, 0.6) is 0 Å². The van der Waals surface area contributed by atoms with Crippen LogP contribution in [0.3, 0.4) is 0 Å². The molecule has 164 valence electrons. The van der Waals surface area contributed by atoms with E-state index in [-0.39, 0.29) is 5.69 Å². The molecule has 2 heterocycles. The van der Waals surface area contributed by atoms with Crippen LogP contribution in [0.2, 0.25) is 0 Å². The molecule has 2 aromatic rings. The van der Waals surface area contributed by atoms with Crippen molar-refractivity contribution >= 4 is 17.3 Å². The minimum atomic E-state index is -5.68. The van der Waals surface area contributed by atoms with Gasteiger partial charge >= 0.3 is 6.18 Å². The van der Waals surface area contributed by atoms with Gasteiger partial charge in [0, 0.05) is 20.1 Å². The van der Waals surface area contributed by atoms with E-state index in [0.717, 1.165) is 4.68 Å². The highest BCUT2D eigenvalue weighted by Gasteiger charge is 2.42. The second-order valence-corrected chi connectivity index (χ2v) is 6.46. The Morgan fingerprint density at radius 3 is 2.07 bits per heavy atom. The van der Waals surface area contributed by atoms with Gasteiger partial charge in [0.15, 0.2) is 23.3 Å². The molecule has 1 aliphatic heterocycles. The fourth-order valence-corrected chi connectivity index (χ4v) is 3.23. The average molecular weight is 440 g/mol. The van der Waals surface area contributed by atoms with Crippen LogP contribution in [-0.4, -0.2) is 42.0 Å². The number of rotatable bonds is 3. The topological polar surface area (TPSA) is 59.4 Å². The second kappa shape index (κ2) is 7.78. The smallest absolute Gasteiger partial charge is 0.378 e. The van der Waals surface area contributed by atoms with Crippen LogP contribution in [0.4, 0.5) is 42.1 Å². The predicted molar refractivity (Wildman–Crippen MR) is 90.2 cm³/mol. The van der Waals surface area contributed by atoms with E-state index in [4.69, 9.17) is 4.74 Å². The molecular weight excluding hydrogens is 425 g/mol. The number of carbonyl (C=O) groups excluding carboxylic acids is 1. The summed E-state index contributed by atoms with van der Waals surface area (Å²) in [6, 6.07) is 0. The number of morpholine rings is 1. The largest absolute Gasteiger partial charge is 0.422 e. The van der Waals surface area contributed by atoms with E-state index in [1.165, 1.54) is 7.05 Å². The molecule has 0 saturated carbocycles. The predicted octanol–water partition coefficient (Wildman–Crippen LogP) is 3.39. The maximum atomic E-state index is 14.1. The Morgan fingerprint density at radius 2 is 1.57 bits per heavy atom. The highest BCUT2D eigenvalue weighted by atomic mass is 19.4. The van der Waals surface area contributed by atoms with Crippen LogP contribution in [0.25, 0.3) is 0 Å². The summed E-state index contributed by atoms with van der Waals surface area (Å²) in [5, 5.41) is 5.70. The van der Waals surface area contributed by atoms with Crippen molar-refractivity contribution in [3.05, 3.63) is 40.2 Å². The summed E-state index contributed by atoms with van der Waals surface area (Å²) in [4.78, 5) is 14.4. The summed E-state index contributed by atoms with van der Waals surface area (Å²) in [6.45, 7) is 3.00. The first kappa shape index (κ1) is 21.9. The van der Waals surface area contributed by atoms with Crippen molar-refractivity contribution in [2.75, 3.05) is 36.5 Å². The zero-order chi connectivity index (χ0) is 22.4. The molecule has 1 N–H and O–H groups in total. The molecule has 1 saturated heterocycles. The molecule has 0 bridgehead atoms. The lowest BCUT2D eigenvalue weighted by molar-refractivity contribution is -0.143. The lowest BCUT2D eigenvalue weighted by Gasteiger charge is -2.29. The number of carbonyl (C=O) groups is 1. The van der Waals surface area contributed by atoms with E-state index in [9.17, 15) is 35.5 Å². The van der Waals surface area contributed by atoms with E-state index >= 15 is 0 Å². The van der Waals surface area contributed by atoms with Gasteiger partial charge in [-0.15, -0.1) is 0 Å². The normalized spacial score (nSPS) is 14.9. The van der Waals surface area contributed by atoms with Crippen molar-refractivity contribution in [3.63, 3.8) is 0 Å². The van der Waals surface area contributed by atoms with Crippen molar-refractivity contribution in [1.82, 2.24) is 9.78 Å². The van der Waals surface area contributed by atoms with Crippen molar-refractivity contribution in [1.29, 1.82) is 0 Å². The molecule has 13 heteroatoms. The van der Waals surface area contributed by atoms with Crippen LogP contribution in [0, 0.1) is 30.2 Å². The molecule has 1 aromatic heterocycles. The van der Waals surface area contributed by atoms with Gasteiger partial charge in [-0.1, -0.05) is 0 Å². The number of hydrogen-bond donors (Lipinski definition) is 1. The number of amides is 1. The lowest BCUT2D eigenvalue weighted by atomic mass is 10.1. The van der Waals surface area contributed by atoms with E-state index in [2.05, 4.69) is 5.10 Å². The number of benzene rings is 1. The molecule has 1 aliphatic rings. The number of nitrogens with zero attached hydrogens (tertiary/aromatic N) is 3. The van der Waals surface area contributed by atoms with Crippen LogP contribution in [0.1, 0.15) is 21.7 Å². The zero-order valence-electron chi connectivity index (χ0n) is 15.6. The Kier molecular flexibility index (Phi) is 5.67. The Morgan fingerprint density at radius 1 is 1.03 bits per heavy atom. The third-order valence-electron chi connectivity index (χ3n) is 4.52. The Hall–Kier alpha value is -2.83. The van der Waals surface area contributed by atoms with Crippen LogP contribution in [0.15, 0.2) is 0 Å². The van der Waals surface area contributed by atoms with Gasteiger partial charge in [0.25, 0.3) is 5.91 Å². The van der Waals surface area contributed by atoms with Crippen molar-refractivity contribution in [2.45, 2.75) is 13.1 Å². The molecule has 0 spiro atoms. The third kappa shape index (κ3) is 3.68. The van der Waals surface area contributed by atoms with Crippen LogP contribution < -0.4 is 10.2 Å². The summed E-state index contributed by atoms with van der Waals surface area (Å²) in [7, 11) is 1.35. The summed E-state index contributed by atoms with van der Waals surface area (Å²) < 4.78 is 100. The first-order valence-electron chi connectivity index (χ1n) is 8.55. The van der Waals surface area contributed by atoms with Gasteiger partial charge in [0.1, 0.15) is 16.9 Å². The molecule has 0 atom stereocenters. The Labute approximate surface area is 165 Å². The monoisotopic (exact) mass is 440 g/mol. The first-order chi connectivity index (χ1) is 13.9. The van der Waals surface area contributed by atoms with Gasteiger partial charge < -0.3 is 15.0 Å². The summed E-state index contributed by atoms with van der Waals surface area (Å²) in [5.74, 6) is -11.3.